The fourth-order valence-corrected chi connectivity index (χ4v) is 7.96. The molecule has 0 unspecified atom stereocenters. The number of piperazine rings is 1. The Kier molecular flexibility index (Phi) is 13.4. The van der Waals surface area contributed by atoms with Crippen molar-refractivity contribution < 1.29 is 14.3 Å². The molecule has 5 N–H and O–H groups in total. The predicted octanol–water partition coefficient (Wildman–Crippen LogP) is 5.29. The van der Waals surface area contributed by atoms with E-state index in [1.54, 1.807) is 0 Å². The molecule has 5 rings (SSSR count). The zero-order valence-corrected chi connectivity index (χ0v) is 29.7. The number of allylic oxidation sites excluding steroid dienone is 3. The third-order valence-electron chi connectivity index (χ3n) is 10.8. The number of anilines is 1. The van der Waals surface area contributed by atoms with Gasteiger partial charge in [-0.25, -0.2) is 4.79 Å². The lowest BCUT2D eigenvalue weighted by Gasteiger charge is -2.42. The number of hydrogen-bond acceptors (Lipinski definition) is 7. The van der Waals surface area contributed by atoms with Crippen molar-refractivity contribution in [3.05, 3.63) is 52.1 Å². The minimum Gasteiger partial charge on any atom is -0.397 e. The second-order valence-electron chi connectivity index (χ2n) is 14.3. The van der Waals surface area contributed by atoms with Gasteiger partial charge in [-0.3, -0.25) is 20.4 Å². The van der Waals surface area contributed by atoms with Gasteiger partial charge in [-0.15, -0.1) is 0 Å². The van der Waals surface area contributed by atoms with Crippen molar-refractivity contribution in [3.8, 4) is 0 Å². The molecule has 3 amide bonds. The number of nitrogen functional groups attached to an aromatic ring is 1. The third kappa shape index (κ3) is 10.3. The Bertz CT molecular complexity index is 1300. The summed E-state index contributed by atoms with van der Waals surface area (Å²) in [6, 6.07) is 4.34. The smallest absolute Gasteiger partial charge is 0.320 e. The number of carbonyl (C=O) groups excluding carboxylic acids is 2. The van der Waals surface area contributed by atoms with Gasteiger partial charge < -0.3 is 25.6 Å². The number of nitrogens with two attached hydrogens (primary N) is 1. The minimum absolute atomic E-state index is 0.0674. The van der Waals surface area contributed by atoms with Crippen molar-refractivity contribution in [2.45, 2.75) is 95.7 Å². The second-order valence-corrected chi connectivity index (χ2v) is 14.7. The fraction of sp³-hybridized carbons (Fsp3) is 0.649. The van der Waals surface area contributed by atoms with E-state index in [1.165, 1.54) is 12.8 Å². The van der Waals surface area contributed by atoms with Gasteiger partial charge in [0.15, 0.2) is 0 Å². The molecule has 1 saturated carbocycles. The Labute approximate surface area is 291 Å². The first-order valence-electron chi connectivity index (χ1n) is 18.1. The second kappa shape index (κ2) is 17.7. The normalized spacial score (nSPS) is 23.4. The van der Waals surface area contributed by atoms with Gasteiger partial charge in [-0.2, -0.15) is 0 Å². The summed E-state index contributed by atoms with van der Waals surface area (Å²) in [4.78, 5) is 33.4. The zero-order valence-electron chi connectivity index (χ0n) is 28.9. The summed E-state index contributed by atoms with van der Waals surface area (Å²) in [6.07, 6.45) is 15.8. The first-order valence-corrected chi connectivity index (χ1v) is 18.4. The van der Waals surface area contributed by atoms with E-state index in [2.05, 4.69) is 33.6 Å². The highest BCUT2D eigenvalue weighted by Gasteiger charge is 2.32. The maximum absolute atomic E-state index is 13.9. The van der Waals surface area contributed by atoms with E-state index >= 15 is 0 Å². The Morgan fingerprint density at radius 3 is 2.46 bits per heavy atom. The summed E-state index contributed by atoms with van der Waals surface area (Å²) in [7, 11) is 2.19. The standard InChI is InChI=1S/C37H56ClN7O3/c1-26-23-28(24-32(38)34(26)39)25-33(36(46)45-20-18-44(19-21-45)31-14-16-43(2)17-15-31)48-22-6-7-27-10-12-30(13-11-27)41-37(47)42-35(40)29-8-4-3-5-9-29/h3-4,8,23-24,27,30-31,33H,5-7,9-22,25,39H2,1-2H3,(H3,40,41,42,47)/t27?,30?,33-/m1/s1. The summed E-state index contributed by atoms with van der Waals surface area (Å²) < 4.78 is 6.40. The lowest BCUT2D eigenvalue weighted by molar-refractivity contribution is -0.146. The monoisotopic (exact) mass is 681 g/mol. The van der Waals surface area contributed by atoms with Crippen LogP contribution in [0.1, 0.15) is 75.3 Å². The van der Waals surface area contributed by atoms with Gasteiger partial charge in [0, 0.05) is 51.3 Å². The van der Waals surface area contributed by atoms with Gasteiger partial charge in [0.25, 0.3) is 5.91 Å². The van der Waals surface area contributed by atoms with Crippen LogP contribution >= 0.6 is 11.6 Å². The van der Waals surface area contributed by atoms with Crippen LogP contribution < -0.4 is 16.4 Å². The van der Waals surface area contributed by atoms with Crippen molar-refractivity contribution in [1.82, 2.24) is 25.3 Å². The van der Waals surface area contributed by atoms with E-state index < -0.39 is 6.10 Å². The van der Waals surface area contributed by atoms with Crippen LogP contribution in [0.15, 0.2) is 35.9 Å². The number of carbonyl (C=O) groups is 2. The largest absolute Gasteiger partial charge is 0.397 e. The molecule has 10 nitrogen and oxygen atoms in total. The Morgan fingerprint density at radius 2 is 1.79 bits per heavy atom. The molecule has 11 heteroatoms. The predicted molar refractivity (Wildman–Crippen MR) is 194 cm³/mol. The van der Waals surface area contributed by atoms with Gasteiger partial charge in [-0.1, -0.05) is 35.9 Å². The first kappa shape index (κ1) is 36.4. The highest BCUT2D eigenvalue weighted by Crippen LogP contribution is 2.29. The summed E-state index contributed by atoms with van der Waals surface area (Å²) in [5.74, 6) is 0.831. The quantitative estimate of drug-likeness (QED) is 0.109. The number of urea groups is 1. The Balaban J connectivity index is 1.07. The van der Waals surface area contributed by atoms with Crippen molar-refractivity contribution in [3.63, 3.8) is 0 Å². The molecule has 0 aromatic heterocycles. The molecular formula is C37H56ClN7O3. The van der Waals surface area contributed by atoms with Crippen LogP contribution in [0, 0.1) is 18.3 Å². The summed E-state index contributed by atoms with van der Waals surface area (Å²) in [5.41, 5.74) is 9.42. The maximum atomic E-state index is 13.9. The fourth-order valence-electron chi connectivity index (χ4n) is 7.67. The number of piperidine rings is 1. The molecule has 0 bridgehead atoms. The molecule has 264 valence electrons. The van der Waals surface area contributed by atoms with Crippen LogP contribution in [-0.4, -0.2) is 104 Å². The Hall–Kier alpha value is -2.92. The molecule has 48 heavy (non-hydrogen) atoms. The van der Waals surface area contributed by atoms with Crippen LogP contribution in [0.25, 0.3) is 0 Å². The van der Waals surface area contributed by atoms with E-state index in [0.717, 1.165) is 107 Å². The number of amides is 3. The summed E-state index contributed by atoms with van der Waals surface area (Å²) in [6.45, 7) is 8.05. The molecular weight excluding hydrogens is 626 g/mol. The topological polar surface area (TPSA) is 127 Å². The lowest BCUT2D eigenvalue weighted by atomic mass is 9.83. The number of aryl methyl sites for hydroxylation is 1. The van der Waals surface area contributed by atoms with Crippen LogP contribution in [0.2, 0.25) is 5.02 Å². The number of halogens is 1. The van der Waals surface area contributed by atoms with E-state index in [1.807, 2.05) is 36.1 Å². The number of amidine groups is 1. The highest BCUT2D eigenvalue weighted by atomic mass is 35.5. The molecule has 0 radical (unpaired) electrons. The van der Waals surface area contributed by atoms with Crippen molar-refractivity contribution in [1.29, 1.82) is 5.41 Å². The van der Waals surface area contributed by atoms with Crippen LogP contribution in [0.3, 0.4) is 0 Å². The van der Waals surface area contributed by atoms with E-state index in [-0.39, 0.29) is 23.8 Å². The number of hydrogen-bond donors (Lipinski definition) is 4. The third-order valence-corrected chi connectivity index (χ3v) is 11.1. The number of benzene rings is 1. The minimum atomic E-state index is -0.559. The zero-order chi connectivity index (χ0) is 34.0. The highest BCUT2D eigenvalue weighted by molar-refractivity contribution is 6.33. The van der Waals surface area contributed by atoms with Crippen LogP contribution in [-0.2, 0) is 16.0 Å². The van der Waals surface area contributed by atoms with E-state index in [4.69, 9.17) is 27.5 Å². The average molecular weight is 682 g/mol. The van der Waals surface area contributed by atoms with Crippen LogP contribution in [0.5, 0.6) is 0 Å². The molecule has 3 fully saturated rings. The molecule has 1 aromatic rings. The molecule has 2 aliphatic heterocycles. The summed E-state index contributed by atoms with van der Waals surface area (Å²) in [5, 5.41) is 14.5. The van der Waals surface area contributed by atoms with Crippen molar-refractivity contribution >= 4 is 35.1 Å². The molecule has 2 heterocycles. The van der Waals surface area contributed by atoms with Crippen molar-refractivity contribution in [2.75, 3.05) is 58.7 Å². The SMILES string of the molecule is Cc1cc(C[C@@H](OCCCC2CCC(NC(=O)NC(=N)C3=CC=CCC3)CC2)C(=O)N2CCN(C3CCN(C)CC3)CC2)cc(Cl)c1N. The molecule has 1 atom stereocenters. The van der Waals surface area contributed by atoms with Crippen molar-refractivity contribution in [2.24, 2.45) is 5.92 Å². The number of rotatable bonds is 11. The number of nitrogens with one attached hydrogen (secondary N) is 3. The number of ether oxygens (including phenoxy) is 1. The van der Waals surface area contributed by atoms with Gasteiger partial charge in [0.2, 0.25) is 0 Å². The molecule has 2 saturated heterocycles. The summed E-state index contributed by atoms with van der Waals surface area (Å²) >= 11 is 6.42. The molecule has 4 aliphatic rings. The average Bonchev–Trinajstić information content (AvgIpc) is 3.09. The number of nitrogens with zero attached hydrogens (tertiary/aromatic N) is 3. The van der Waals surface area contributed by atoms with E-state index in [9.17, 15) is 9.59 Å². The number of likely N-dealkylation sites (tertiary alicyclic amines) is 1. The van der Waals surface area contributed by atoms with Gasteiger partial charge in [0.1, 0.15) is 11.9 Å². The van der Waals surface area contributed by atoms with Gasteiger partial charge >= 0.3 is 6.03 Å². The van der Waals surface area contributed by atoms with Gasteiger partial charge in [0.05, 0.1) is 10.7 Å². The van der Waals surface area contributed by atoms with Crippen LogP contribution in [0.4, 0.5) is 10.5 Å². The molecule has 2 aliphatic carbocycles. The Morgan fingerprint density at radius 1 is 1.06 bits per heavy atom. The van der Waals surface area contributed by atoms with Gasteiger partial charge in [-0.05, 0) is 120 Å². The molecule has 0 spiro atoms. The first-order chi connectivity index (χ1) is 23.2. The van der Waals surface area contributed by atoms with E-state index in [0.29, 0.717) is 35.7 Å². The molecule has 1 aromatic carbocycles. The lowest BCUT2D eigenvalue weighted by Crippen LogP contribution is -2.56. The maximum Gasteiger partial charge on any atom is 0.320 e.